The molecule has 1 heterocycles. The van der Waals surface area contributed by atoms with Crippen molar-refractivity contribution in [2.45, 2.75) is 51.7 Å². The molecule has 194 valence electrons. The molecule has 1 fully saturated rings. The summed E-state index contributed by atoms with van der Waals surface area (Å²) in [4.78, 5) is 42.3. The summed E-state index contributed by atoms with van der Waals surface area (Å²) in [5.74, 6) is 0.110. The van der Waals surface area contributed by atoms with Gasteiger partial charge in [-0.1, -0.05) is 19.8 Å². The number of nitrogens with one attached hydrogen (secondary N) is 1. The number of likely N-dealkylation sites (N-methyl/N-ethyl adjacent to an activating group) is 1. The summed E-state index contributed by atoms with van der Waals surface area (Å²) in [6.07, 6.45) is 3.80. The smallest absolute Gasteiger partial charge is 0.257 e. The fourth-order valence-corrected chi connectivity index (χ4v) is 4.89. The molecule has 0 spiro atoms. The molecule has 1 N–H and O–H groups in total. The van der Waals surface area contributed by atoms with Crippen LogP contribution in [0.2, 0.25) is 0 Å². The van der Waals surface area contributed by atoms with Gasteiger partial charge in [-0.3, -0.25) is 14.4 Å². The maximum Gasteiger partial charge on any atom is 0.257 e. The average Bonchev–Trinajstić information content (AvgIpc) is 3.38. The van der Waals surface area contributed by atoms with Gasteiger partial charge < -0.3 is 29.3 Å². The lowest BCUT2D eigenvalue weighted by Crippen LogP contribution is -2.50. The number of hydrogen-bond donors (Lipinski definition) is 1. The van der Waals surface area contributed by atoms with E-state index in [1.54, 1.807) is 37.3 Å². The van der Waals surface area contributed by atoms with Crippen LogP contribution in [0.3, 0.4) is 0 Å². The second-order valence-electron chi connectivity index (χ2n) is 9.76. The highest BCUT2D eigenvalue weighted by atomic mass is 16.5. The first-order valence-electron chi connectivity index (χ1n) is 12.4. The molecule has 1 saturated carbocycles. The normalized spacial score (nSPS) is 24.3. The predicted octanol–water partition coefficient (Wildman–Crippen LogP) is 2.79. The Bertz CT molecular complexity index is 901. The summed E-state index contributed by atoms with van der Waals surface area (Å²) in [7, 11) is 4.82. The summed E-state index contributed by atoms with van der Waals surface area (Å²) in [6, 6.07) is 4.77. The first kappa shape index (κ1) is 26.9. The number of rotatable bonds is 5. The first-order valence-corrected chi connectivity index (χ1v) is 12.4. The Balaban J connectivity index is 1.93. The zero-order valence-electron chi connectivity index (χ0n) is 21.5. The Labute approximate surface area is 208 Å². The number of carbonyl (C=O) groups excluding carboxylic acids is 3. The second-order valence-corrected chi connectivity index (χ2v) is 9.76. The van der Waals surface area contributed by atoms with Crippen molar-refractivity contribution in [1.29, 1.82) is 0 Å². The van der Waals surface area contributed by atoms with Crippen LogP contribution in [-0.2, 0) is 19.1 Å². The third kappa shape index (κ3) is 6.73. The lowest BCUT2D eigenvalue weighted by molar-refractivity contribution is -0.139. The van der Waals surface area contributed by atoms with Crippen molar-refractivity contribution in [3.63, 3.8) is 0 Å². The van der Waals surface area contributed by atoms with Crippen molar-refractivity contribution in [2.24, 2.45) is 11.8 Å². The van der Waals surface area contributed by atoms with E-state index in [-0.39, 0.29) is 54.9 Å². The van der Waals surface area contributed by atoms with Crippen LogP contribution in [0, 0.1) is 11.8 Å². The molecule has 3 amide bonds. The summed E-state index contributed by atoms with van der Waals surface area (Å²) >= 11 is 0. The van der Waals surface area contributed by atoms with Crippen LogP contribution in [0.5, 0.6) is 5.75 Å². The molecule has 1 aromatic rings. The number of methoxy groups -OCH3 is 2. The van der Waals surface area contributed by atoms with Crippen molar-refractivity contribution in [3.05, 3.63) is 23.8 Å². The number of hydrogen-bond acceptors (Lipinski definition) is 6. The van der Waals surface area contributed by atoms with Gasteiger partial charge in [0.1, 0.15) is 19.0 Å². The molecule has 0 saturated heterocycles. The number of ether oxygens (including phenoxy) is 3. The van der Waals surface area contributed by atoms with Crippen LogP contribution in [0.15, 0.2) is 18.2 Å². The predicted molar refractivity (Wildman–Crippen MR) is 132 cm³/mol. The van der Waals surface area contributed by atoms with Gasteiger partial charge in [0, 0.05) is 57.9 Å². The van der Waals surface area contributed by atoms with Crippen LogP contribution < -0.4 is 10.1 Å². The Morgan fingerprint density at radius 2 is 1.86 bits per heavy atom. The van der Waals surface area contributed by atoms with Gasteiger partial charge >= 0.3 is 0 Å². The third-order valence-electron chi connectivity index (χ3n) is 6.99. The minimum absolute atomic E-state index is 0.0281. The lowest BCUT2D eigenvalue weighted by atomic mass is 9.99. The third-order valence-corrected chi connectivity index (χ3v) is 6.99. The van der Waals surface area contributed by atoms with E-state index < -0.39 is 0 Å². The molecule has 1 aliphatic heterocycles. The van der Waals surface area contributed by atoms with E-state index in [2.05, 4.69) is 12.2 Å². The lowest BCUT2D eigenvalue weighted by Gasteiger charge is -2.37. The standard InChI is InChI=1S/C26H39N3O6/c1-17-13-29(25(31)19-8-6-7-9-19)18(2)15-35-22-12-20(27-24(30)16-33-4)10-11-21(22)26(32)28(3)14-23(17)34-5/h10-12,17-19,23H,6-9,13-16H2,1-5H3,(H,27,30)/t17-,18-,23-/m1/s1. The van der Waals surface area contributed by atoms with Crippen LogP contribution in [0.25, 0.3) is 0 Å². The molecule has 3 atom stereocenters. The Morgan fingerprint density at radius 3 is 2.51 bits per heavy atom. The van der Waals surface area contributed by atoms with E-state index in [4.69, 9.17) is 14.2 Å². The van der Waals surface area contributed by atoms with E-state index in [9.17, 15) is 14.4 Å². The fourth-order valence-electron chi connectivity index (χ4n) is 4.89. The SMILES string of the molecule is COCC(=O)Nc1ccc2c(c1)OC[C@@H](C)N(C(=O)C1CCCC1)C[C@@H](C)[C@H](OC)CN(C)C2=O. The van der Waals surface area contributed by atoms with Crippen molar-refractivity contribution < 1.29 is 28.6 Å². The zero-order valence-corrected chi connectivity index (χ0v) is 21.5. The molecule has 3 rings (SSSR count). The van der Waals surface area contributed by atoms with Gasteiger partial charge in [0.05, 0.1) is 17.7 Å². The largest absolute Gasteiger partial charge is 0.491 e. The van der Waals surface area contributed by atoms with Crippen molar-refractivity contribution >= 4 is 23.4 Å². The van der Waals surface area contributed by atoms with Crippen molar-refractivity contribution in [1.82, 2.24) is 9.80 Å². The van der Waals surface area contributed by atoms with Gasteiger partial charge in [0.2, 0.25) is 11.8 Å². The molecule has 2 aliphatic rings. The van der Waals surface area contributed by atoms with Gasteiger partial charge in [-0.25, -0.2) is 0 Å². The van der Waals surface area contributed by atoms with Gasteiger partial charge in [0.25, 0.3) is 5.91 Å². The maximum absolute atomic E-state index is 13.5. The zero-order chi connectivity index (χ0) is 25.5. The van der Waals surface area contributed by atoms with Gasteiger partial charge in [0.15, 0.2) is 0 Å². The summed E-state index contributed by atoms with van der Waals surface area (Å²) in [5, 5.41) is 2.75. The van der Waals surface area contributed by atoms with Crippen LogP contribution >= 0.6 is 0 Å². The number of amides is 3. The Morgan fingerprint density at radius 1 is 1.14 bits per heavy atom. The van der Waals surface area contributed by atoms with Crippen molar-refractivity contribution in [3.8, 4) is 5.75 Å². The highest BCUT2D eigenvalue weighted by Crippen LogP contribution is 2.30. The molecule has 9 nitrogen and oxygen atoms in total. The first-order chi connectivity index (χ1) is 16.7. The van der Waals surface area contributed by atoms with Crippen molar-refractivity contribution in [2.75, 3.05) is 52.9 Å². The maximum atomic E-state index is 13.5. The fraction of sp³-hybridized carbons (Fsp3) is 0.654. The van der Waals surface area contributed by atoms with E-state index >= 15 is 0 Å². The summed E-state index contributed by atoms with van der Waals surface area (Å²) in [5.41, 5.74) is 0.893. The number of carbonyl (C=O) groups is 3. The molecule has 1 aromatic carbocycles. The van der Waals surface area contributed by atoms with E-state index in [1.807, 2.05) is 11.8 Å². The number of anilines is 1. The summed E-state index contributed by atoms with van der Waals surface area (Å²) in [6.45, 7) is 5.09. The highest BCUT2D eigenvalue weighted by Gasteiger charge is 2.34. The number of fused-ring (bicyclic) bond motifs is 1. The highest BCUT2D eigenvalue weighted by molar-refractivity contribution is 5.98. The summed E-state index contributed by atoms with van der Waals surface area (Å²) < 4.78 is 16.8. The quantitative estimate of drug-likeness (QED) is 0.683. The molecule has 0 aromatic heterocycles. The Kier molecular flexibility index (Phi) is 9.51. The van der Waals surface area contributed by atoms with Gasteiger partial charge in [-0.15, -0.1) is 0 Å². The monoisotopic (exact) mass is 489 g/mol. The van der Waals surface area contributed by atoms with Crippen LogP contribution in [0.4, 0.5) is 5.69 Å². The van der Waals surface area contributed by atoms with Crippen LogP contribution in [-0.4, -0.2) is 87.2 Å². The second kappa shape index (κ2) is 12.4. The van der Waals surface area contributed by atoms with E-state index in [0.717, 1.165) is 25.7 Å². The molecular formula is C26H39N3O6. The average molecular weight is 490 g/mol. The Hall–Kier alpha value is -2.65. The number of benzene rings is 1. The van der Waals surface area contributed by atoms with E-state index in [1.165, 1.54) is 7.11 Å². The molecule has 9 heteroatoms. The molecule has 1 aliphatic carbocycles. The number of nitrogens with zero attached hydrogens (tertiary/aromatic N) is 2. The van der Waals surface area contributed by atoms with E-state index in [0.29, 0.717) is 30.1 Å². The molecule has 0 unspecified atom stereocenters. The van der Waals surface area contributed by atoms with Gasteiger partial charge in [-0.2, -0.15) is 0 Å². The topological polar surface area (TPSA) is 97.4 Å². The van der Waals surface area contributed by atoms with Gasteiger partial charge in [-0.05, 0) is 31.9 Å². The minimum Gasteiger partial charge on any atom is -0.491 e. The molecular weight excluding hydrogens is 450 g/mol. The molecule has 0 bridgehead atoms. The van der Waals surface area contributed by atoms with Crippen LogP contribution in [0.1, 0.15) is 49.9 Å². The molecule has 35 heavy (non-hydrogen) atoms. The minimum atomic E-state index is -0.303. The molecule has 0 radical (unpaired) electrons.